The maximum absolute atomic E-state index is 5.66. The minimum Gasteiger partial charge on any atom is -0.381 e. The first-order valence-electron chi connectivity index (χ1n) is 9.84. The molecule has 3 fully saturated rings. The van der Waals surface area contributed by atoms with Crippen molar-refractivity contribution in [3.63, 3.8) is 0 Å². The van der Waals surface area contributed by atoms with Gasteiger partial charge in [-0.15, -0.1) is 24.0 Å². The van der Waals surface area contributed by atoms with E-state index in [9.17, 15) is 0 Å². The Labute approximate surface area is 193 Å². The van der Waals surface area contributed by atoms with Gasteiger partial charge in [0.15, 0.2) is 5.96 Å². The lowest BCUT2D eigenvalue weighted by molar-refractivity contribution is 0.122. The van der Waals surface area contributed by atoms with E-state index in [2.05, 4.69) is 54.2 Å². The summed E-state index contributed by atoms with van der Waals surface area (Å²) in [6, 6.07) is 6.53. The van der Waals surface area contributed by atoms with Crippen LogP contribution in [0.2, 0.25) is 0 Å². The SMILES string of the molecule is CN=C(NCc1ccc(Br)cc1N1CCOCC1)N1CCC2(CCOC2)C1.I. The van der Waals surface area contributed by atoms with Gasteiger partial charge in [0.05, 0.1) is 19.8 Å². The number of aliphatic imine (C=N–C) groups is 1. The highest BCUT2D eigenvalue weighted by Gasteiger charge is 2.42. The molecule has 0 bridgehead atoms. The number of benzene rings is 1. The van der Waals surface area contributed by atoms with Crippen LogP contribution in [-0.2, 0) is 16.0 Å². The molecule has 28 heavy (non-hydrogen) atoms. The number of hydrogen-bond acceptors (Lipinski definition) is 4. The Morgan fingerprint density at radius 3 is 2.71 bits per heavy atom. The summed E-state index contributed by atoms with van der Waals surface area (Å²) in [6.07, 6.45) is 2.37. The van der Waals surface area contributed by atoms with Crippen molar-refractivity contribution in [3.8, 4) is 0 Å². The maximum Gasteiger partial charge on any atom is 0.193 e. The largest absolute Gasteiger partial charge is 0.381 e. The smallest absolute Gasteiger partial charge is 0.193 e. The Morgan fingerprint density at radius 2 is 2.00 bits per heavy atom. The number of likely N-dealkylation sites (tertiary alicyclic amines) is 1. The van der Waals surface area contributed by atoms with E-state index in [0.29, 0.717) is 5.41 Å². The van der Waals surface area contributed by atoms with E-state index in [1.807, 2.05) is 7.05 Å². The topological polar surface area (TPSA) is 49.3 Å². The van der Waals surface area contributed by atoms with Crippen LogP contribution in [0.1, 0.15) is 18.4 Å². The van der Waals surface area contributed by atoms with Gasteiger partial charge in [-0.1, -0.05) is 22.0 Å². The molecule has 1 spiro atoms. The van der Waals surface area contributed by atoms with E-state index >= 15 is 0 Å². The summed E-state index contributed by atoms with van der Waals surface area (Å²) in [4.78, 5) is 9.35. The number of hydrogen-bond donors (Lipinski definition) is 1. The predicted octanol–water partition coefficient (Wildman–Crippen LogP) is 3.09. The van der Waals surface area contributed by atoms with Crippen molar-refractivity contribution in [2.75, 3.05) is 64.6 Å². The molecular weight excluding hydrogens is 535 g/mol. The molecule has 0 saturated carbocycles. The number of ether oxygens (including phenoxy) is 2. The average Bonchev–Trinajstić information content (AvgIpc) is 3.34. The minimum atomic E-state index is 0. The third-order valence-electron chi connectivity index (χ3n) is 5.97. The lowest BCUT2D eigenvalue weighted by Crippen LogP contribution is -2.41. The van der Waals surface area contributed by atoms with Gasteiger partial charge < -0.3 is 24.6 Å². The van der Waals surface area contributed by atoms with E-state index < -0.39 is 0 Å². The van der Waals surface area contributed by atoms with Crippen LogP contribution in [0.25, 0.3) is 0 Å². The van der Waals surface area contributed by atoms with Crippen molar-refractivity contribution in [1.29, 1.82) is 0 Å². The molecule has 1 aromatic rings. The first kappa shape index (κ1) is 22.1. The molecule has 0 aliphatic carbocycles. The van der Waals surface area contributed by atoms with Gasteiger partial charge in [0.1, 0.15) is 0 Å². The molecule has 6 nitrogen and oxygen atoms in total. The van der Waals surface area contributed by atoms with Gasteiger partial charge in [0, 0.05) is 62.0 Å². The molecule has 1 N–H and O–H groups in total. The molecule has 0 aromatic heterocycles. The van der Waals surface area contributed by atoms with Crippen LogP contribution in [0.15, 0.2) is 27.7 Å². The van der Waals surface area contributed by atoms with E-state index in [-0.39, 0.29) is 24.0 Å². The molecule has 3 saturated heterocycles. The van der Waals surface area contributed by atoms with Gasteiger partial charge in [-0.05, 0) is 30.5 Å². The third kappa shape index (κ3) is 4.94. The summed E-state index contributed by atoms with van der Waals surface area (Å²) < 4.78 is 12.3. The molecule has 8 heteroatoms. The summed E-state index contributed by atoms with van der Waals surface area (Å²) >= 11 is 3.62. The van der Waals surface area contributed by atoms with E-state index in [1.54, 1.807) is 0 Å². The first-order valence-corrected chi connectivity index (χ1v) is 10.6. The Morgan fingerprint density at radius 1 is 1.18 bits per heavy atom. The van der Waals surface area contributed by atoms with Gasteiger partial charge in [-0.25, -0.2) is 0 Å². The summed E-state index contributed by atoms with van der Waals surface area (Å²) in [5.74, 6) is 0.995. The van der Waals surface area contributed by atoms with E-state index in [0.717, 1.165) is 69.6 Å². The fourth-order valence-corrected chi connectivity index (χ4v) is 4.73. The Bertz CT molecular complexity index is 691. The molecule has 3 aliphatic rings. The van der Waals surface area contributed by atoms with Crippen molar-refractivity contribution in [1.82, 2.24) is 10.2 Å². The molecule has 156 valence electrons. The molecule has 1 unspecified atom stereocenters. The quantitative estimate of drug-likeness (QED) is 0.347. The summed E-state index contributed by atoms with van der Waals surface area (Å²) in [5.41, 5.74) is 2.91. The van der Waals surface area contributed by atoms with E-state index in [4.69, 9.17) is 9.47 Å². The van der Waals surface area contributed by atoms with Crippen LogP contribution in [0.5, 0.6) is 0 Å². The van der Waals surface area contributed by atoms with Crippen LogP contribution in [0.3, 0.4) is 0 Å². The van der Waals surface area contributed by atoms with Crippen LogP contribution in [-0.4, -0.2) is 70.5 Å². The number of guanidine groups is 1. The van der Waals surface area contributed by atoms with Crippen molar-refractivity contribution in [2.24, 2.45) is 10.4 Å². The highest BCUT2D eigenvalue weighted by molar-refractivity contribution is 14.0. The zero-order valence-corrected chi connectivity index (χ0v) is 20.4. The Hall–Kier alpha value is -0.580. The summed E-state index contributed by atoms with van der Waals surface area (Å²) in [5, 5.41) is 3.59. The van der Waals surface area contributed by atoms with Gasteiger partial charge in [-0.3, -0.25) is 4.99 Å². The van der Waals surface area contributed by atoms with Crippen LogP contribution >= 0.6 is 39.9 Å². The second-order valence-corrected chi connectivity index (χ2v) is 8.66. The zero-order valence-electron chi connectivity index (χ0n) is 16.5. The fraction of sp³-hybridized carbons (Fsp3) is 0.650. The van der Waals surface area contributed by atoms with Gasteiger partial charge >= 0.3 is 0 Å². The Kier molecular flexibility index (Phi) is 7.86. The molecular formula is C20H30BrIN4O2. The summed E-state index contributed by atoms with van der Waals surface area (Å²) in [6.45, 7) is 8.13. The van der Waals surface area contributed by atoms with Crippen LogP contribution in [0.4, 0.5) is 5.69 Å². The molecule has 3 aliphatic heterocycles. The second-order valence-electron chi connectivity index (χ2n) is 7.75. The number of nitrogens with one attached hydrogen (secondary N) is 1. The molecule has 1 aromatic carbocycles. The standard InChI is InChI=1S/C20H29BrN4O2.HI/c1-22-19(25-6-4-20(14-25)5-9-27-15-20)23-13-16-2-3-17(21)12-18(16)24-7-10-26-11-8-24;/h2-3,12H,4-11,13-15H2,1H3,(H,22,23);1H. The third-order valence-corrected chi connectivity index (χ3v) is 6.46. The summed E-state index contributed by atoms with van der Waals surface area (Å²) in [7, 11) is 1.88. The lowest BCUT2D eigenvalue weighted by Gasteiger charge is -2.31. The normalized spacial score (nSPS) is 25.3. The van der Waals surface area contributed by atoms with Gasteiger partial charge in [-0.2, -0.15) is 0 Å². The van der Waals surface area contributed by atoms with Crippen LogP contribution < -0.4 is 10.2 Å². The molecule has 1 atom stereocenters. The molecule has 4 rings (SSSR count). The number of nitrogens with zero attached hydrogens (tertiary/aromatic N) is 3. The number of rotatable bonds is 3. The van der Waals surface area contributed by atoms with Gasteiger partial charge in [0.25, 0.3) is 0 Å². The fourth-order valence-electron chi connectivity index (χ4n) is 4.38. The molecule has 0 radical (unpaired) electrons. The Balaban J connectivity index is 0.00000225. The number of anilines is 1. The predicted molar refractivity (Wildman–Crippen MR) is 127 cm³/mol. The van der Waals surface area contributed by atoms with Crippen LogP contribution in [0, 0.1) is 5.41 Å². The average molecular weight is 565 g/mol. The number of halogens is 2. The molecule has 0 amide bonds. The minimum absolute atomic E-state index is 0. The van der Waals surface area contributed by atoms with Gasteiger partial charge in [0.2, 0.25) is 0 Å². The van der Waals surface area contributed by atoms with Crippen molar-refractivity contribution >= 4 is 51.6 Å². The maximum atomic E-state index is 5.66. The molecule has 3 heterocycles. The van der Waals surface area contributed by atoms with E-state index in [1.165, 1.54) is 24.1 Å². The zero-order chi connectivity index (χ0) is 18.7. The lowest BCUT2D eigenvalue weighted by atomic mass is 9.87. The highest BCUT2D eigenvalue weighted by atomic mass is 127. The van der Waals surface area contributed by atoms with Crippen molar-refractivity contribution in [3.05, 3.63) is 28.2 Å². The number of morpholine rings is 1. The highest BCUT2D eigenvalue weighted by Crippen LogP contribution is 2.38. The first-order chi connectivity index (χ1) is 13.2. The van der Waals surface area contributed by atoms with Crippen molar-refractivity contribution < 1.29 is 9.47 Å². The second kappa shape index (κ2) is 9.95. The van der Waals surface area contributed by atoms with Crippen molar-refractivity contribution in [2.45, 2.75) is 19.4 Å². The monoisotopic (exact) mass is 564 g/mol.